The normalized spacial score (nSPS) is 11.4. The fourth-order valence-electron chi connectivity index (χ4n) is 2.25. The molecule has 1 aromatic heterocycles. The Morgan fingerprint density at radius 2 is 1.90 bits per heavy atom. The van der Waals surface area contributed by atoms with Crippen LogP contribution < -0.4 is 5.32 Å². The van der Waals surface area contributed by atoms with E-state index in [1.165, 1.54) is 16.3 Å². The molecule has 4 heteroatoms. The highest BCUT2D eigenvalue weighted by molar-refractivity contribution is 5.83. The lowest BCUT2D eigenvalue weighted by Gasteiger charge is -2.03. The van der Waals surface area contributed by atoms with E-state index < -0.39 is 0 Å². The summed E-state index contributed by atoms with van der Waals surface area (Å²) in [6.45, 7) is 4.82. The minimum Gasteiger partial charge on any atom is -0.339 e. The number of nitrogens with zero attached hydrogens (tertiary/aromatic N) is 2. The van der Waals surface area contributed by atoms with E-state index in [9.17, 15) is 0 Å². The van der Waals surface area contributed by atoms with Crippen molar-refractivity contribution >= 4 is 10.8 Å². The number of fused-ring (bicyclic) bond motifs is 1. The van der Waals surface area contributed by atoms with E-state index in [4.69, 9.17) is 4.52 Å². The van der Waals surface area contributed by atoms with Gasteiger partial charge in [0.1, 0.15) is 0 Å². The molecule has 0 unspecified atom stereocenters. The second-order valence-electron chi connectivity index (χ2n) is 5.50. The summed E-state index contributed by atoms with van der Waals surface area (Å²) in [5.41, 5.74) is 1.18. The van der Waals surface area contributed by atoms with Crippen LogP contribution in [-0.4, -0.2) is 16.2 Å². The Labute approximate surface area is 124 Å². The molecule has 2 aromatic carbocycles. The van der Waals surface area contributed by atoms with Crippen molar-refractivity contribution in [1.82, 2.24) is 15.5 Å². The average molecular weight is 281 g/mol. The quantitative estimate of drug-likeness (QED) is 0.779. The fraction of sp³-hybridized carbons (Fsp3) is 0.294. The molecule has 0 aliphatic carbocycles. The summed E-state index contributed by atoms with van der Waals surface area (Å²) in [6, 6.07) is 15.1. The number of rotatable bonds is 5. The molecule has 0 spiro atoms. The molecule has 3 aromatic rings. The van der Waals surface area contributed by atoms with Crippen LogP contribution in [0.1, 0.15) is 31.1 Å². The van der Waals surface area contributed by atoms with Gasteiger partial charge in [-0.25, -0.2) is 0 Å². The van der Waals surface area contributed by atoms with E-state index in [1.54, 1.807) is 0 Å². The molecule has 0 fully saturated rings. The smallest absolute Gasteiger partial charge is 0.231 e. The predicted octanol–water partition coefficient (Wildman–Crippen LogP) is 3.31. The van der Waals surface area contributed by atoms with E-state index >= 15 is 0 Å². The van der Waals surface area contributed by atoms with Crippen molar-refractivity contribution in [1.29, 1.82) is 0 Å². The zero-order valence-electron chi connectivity index (χ0n) is 12.3. The van der Waals surface area contributed by atoms with Gasteiger partial charge in [0.15, 0.2) is 5.82 Å². The van der Waals surface area contributed by atoms with Crippen molar-refractivity contribution in [3.63, 3.8) is 0 Å². The molecular weight excluding hydrogens is 262 g/mol. The third kappa shape index (κ3) is 3.47. The monoisotopic (exact) mass is 281 g/mol. The van der Waals surface area contributed by atoms with Crippen LogP contribution >= 0.6 is 0 Å². The highest BCUT2D eigenvalue weighted by Gasteiger charge is 2.08. The van der Waals surface area contributed by atoms with Crippen molar-refractivity contribution in [2.45, 2.75) is 32.9 Å². The molecule has 21 heavy (non-hydrogen) atoms. The van der Waals surface area contributed by atoms with Crippen LogP contribution in [0.5, 0.6) is 0 Å². The molecule has 1 heterocycles. The van der Waals surface area contributed by atoms with Crippen LogP contribution in [-0.2, 0) is 13.0 Å². The maximum atomic E-state index is 5.31. The van der Waals surface area contributed by atoms with Gasteiger partial charge in [0.05, 0.1) is 13.0 Å². The summed E-state index contributed by atoms with van der Waals surface area (Å²) in [6.07, 6.45) is 0.666. The molecule has 0 saturated carbocycles. The molecule has 0 saturated heterocycles. The van der Waals surface area contributed by atoms with Crippen LogP contribution in [0.2, 0.25) is 0 Å². The minimum atomic E-state index is 0.410. The van der Waals surface area contributed by atoms with Gasteiger partial charge < -0.3 is 9.84 Å². The van der Waals surface area contributed by atoms with Crippen LogP contribution in [0, 0.1) is 0 Å². The van der Waals surface area contributed by atoms with Crippen molar-refractivity contribution in [3.8, 4) is 0 Å². The first-order valence-electron chi connectivity index (χ1n) is 7.23. The lowest BCUT2D eigenvalue weighted by Crippen LogP contribution is -2.22. The van der Waals surface area contributed by atoms with Crippen molar-refractivity contribution in [3.05, 3.63) is 59.7 Å². The Bertz CT molecular complexity index is 733. The van der Waals surface area contributed by atoms with Crippen molar-refractivity contribution < 1.29 is 4.52 Å². The van der Waals surface area contributed by atoms with Gasteiger partial charge in [-0.3, -0.25) is 0 Å². The molecule has 0 radical (unpaired) electrons. The molecule has 0 atom stereocenters. The lowest BCUT2D eigenvalue weighted by atomic mass is 10.1. The third-order valence-corrected chi connectivity index (χ3v) is 3.35. The first-order valence-corrected chi connectivity index (χ1v) is 7.23. The molecule has 0 bridgehead atoms. The molecule has 1 N–H and O–H groups in total. The average Bonchev–Trinajstić information content (AvgIpc) is 2.92. The van der Waals surface area contributed by atoms with Gasteiger partial charge in [-0.15, -0.1) is 0 Å². The van der Waals surface area contributed by atoms with Crippen LogP contribution in [0.15, 0.2) is 47.0 Å². The van der Waals surface area contributed by atoms with Gasteiger partial charge in [-0.1, -0.05) is 61.5 Å². The molecule has 0 amide bonds. The maximum absolute atomic E-state index is 5.31. The Balaban J connectivity index is 1.72. The standard InChI is InChI=1S/C17H19N3O/c1-12(2)18-11-16-19-17(21-20-16)10-13-7-8-14-5-3-4-6-15(14)9-13/h3-9,12,18H,10-11H2,1-2H3. The summed E-state index contributed by atoms with van der Waals surface area (Å²) in [7, 11) is 0. The van der Waals surface area contributed by atoms with E-state index in [0.717, 1.165) is 0 Å². The summed E-state index contributed by atoms with van der Waals surface area (Å²) in [5.74, 6) is 1.37. The zero-order valence-corrected chi connectivity index (χ0v) is 12.3. The lowest BCUT2D eigenvalue weighted by molar-refractivity contribution is 0.377. The van der Waals surface area contributed by atoms with Crippen molar-refractivity contribution in [2.75, 3.05) is 0 Å². The Morgan fingerprint density at radius 1 is 1.10 bits per heavy atom. The summed E-state index contributed by atoms with van der Waals surface area (Å²) >= 11 is 0. The topological polar surface area (TPSA) is 51.0 Å². The number of benzene rings is 2. The SMILES string of the molecule is CC(C)NCc1noc(Cc2ccc3ccccc3c2)n1. The van der Waals surface area contributed by atoms with Crippen molar-refractivity contribution in [2.24, 2.45) is 0 Å². The fourth-order valence-corrected chi connectivity index (χ4v) is 2.25. The first-order chi connectivity index (χ1) is 10.2. The molecule has 108 valence electrons. The Hall–Kier alpha value is -2.20. The third-order valence-electron chi connectivity index (χ3n) is 3.35. The molecule has 3 rings (SSSR count). The summed E-state index contributed by atoms with van der Waals surface area (Å²) < 4.78 is 5.31. The Kier molecular flexibility index (Phi) is 3.97. The number of aromatic nitrogens is 2. The molecule has 0 aliphatic heterocycles. The van der Waals surface area contributed by atoms with E-state index in [0.29, 0.717) is 30.7 Å². The van der Waals surface area contributed by atoms with Gasteiger partial charge in [0, 0.05) is 6.04 Å². The van der Waals surface area contributed by atoms with Gasteiger partial charge in [0.25, 0.3) is 0 Å². The predicted molar refractivity (Wildman–Crippen MR) is 83.0 cm³/mol. The highest BCUT2D eigenvalue weighted by atomic mass is 16.5. The van der Waals surface area contributed by atoms with Crippen LogP contribution in [0.4, 0.5) is 0 Å². The van der Waals surface area contributed by atoms with Gasteiger partial charge in [-0.05, 0) is 16.3 Å². The van der Waals surface area contributed by atoms with Crippen LogP contribution in [0.25, 0.3) is 10.8 Å². The van der Waals surface area contributed by atoms with E-state index in [1.807, 2.05) is 6.07 Å². The second kappa shape index (κ2) is 6.06. The van der Waals surface area contributed by atoms with Gasteiger partial charge in [0.2, 0.25) is 5.89 Å². The Morgan fingerprint density at radius 3 is 2.71 bits per heavy atom. The van der Waals surface area contributed by atoms with Gasteiger partial charge in [-0.2, -0.15) is 4.98 Å². The van der Waals surface area contributed by atoms with E-state index in [2.05, 4.69) is 65.7 Å². The van der Waals surface area contributed by atoms with Gasteiger partial charge >= 0.3 is 0 Å². The summed E-state index contributed by atoms with van der Waals surface area (Å²) in [5, 5.41) is 9.75. The zero-order chi connectivity index (χ0) is 14.7. The number of nitrogens with one attached hydrogen (secondary N) is 1. The maximum Gasteiger partial charge on any atom is 0.231 e. The molecule has 0 aliphatic rings. The largest absolute Gasteiger partial charge is 0.339 e. The second-order valence-corrected chi connectivity index (χ2v) is 5.50. The van der Waals surface area contributed by atoms with E-state index in [-0.39, 0.29) is 0 Å². The number of hydrogen-bond donors (Lipinski definition) is 1. The minimum absolute atomic E-state index is 0.410. The number of hydrogen-bond acceptors (Lipinski definition) is 4. The summed E-state index contributed by atoms with van der Waals surface area (Å²) in [4.78, 5) is 4.42. The molecule has 4 nitrogen and oxygen atoms in total. The van der Waals surface area contributed by atoms with Crippen LogP contribution in [0.3, 0.4) is 0 Å². The first kappa shape index (κ1) is 13.8. The molecular formula is C17H19N3O. The highest BCUT2D eigenvalue weighted by Crippen LogP contribution is 2.17.